The Morgan fingerprint density at radius 1 is 1.29 bits per heavy atom. The zero-order chi connectivity index (χ0) is 12.5. The molecule has 0 heterocycles. The van der Waals surface area contributed by atoms with Crippen LogP contribution in [0, 0.1) is 0 Å². The van der Waals surface area contributed by atoms with E-state index in [1.807, 2.05) is 12.1 Å². The Bertz CT molecular complexity index is 336. The molecule has 0 aliphatic rings. The van der Waals surface area contributed by atoms with Crippen LogP contribution in [0.5, 0.6) is 0 Å². The highest BCUT2D eigenvalue weighted by Crippen LogP contribution is 2.04. The van der Waals surface area contributed by atoms with Gasteiger partial charge in [-0.3, -0.25) is 4.79 Å². The van der Waals surface area contributed by atoms with E-state index < -0.39 is 5.91 Å². The maximum atomic E-state index is 10.9. The van der Waals surface area contributed by atoms with Gasteiger partial charge in [-0.15, -0.1) is 0 Å². The van der Waals surface area contributed by atoms with E-state index in [0.29, 0.717) is 18.8 Å². The number of carbonyl (C=O) groups is 1. The molecule has 0 aliphatic heterocycles. The second kappa shape index (κ2) is 7.81. The van der Waals surface area contributed by atoms with Gasteiger partial charge in [-0.25, -0.2) is 0 Å². The Labute approximate surface area is 102 Å². The number of hydrogen-bond acceptors (Lipinski definition) is 3. The lowest BCUT2D eigenvalue weighted by Crippen LogP contribution is -2.20. The monoisotopic (exact) mass is 236 g/mol. The molecule has 4 nitrogen and oxygen atoms in total. The highest BCUT2D eigenvalue weighted by molar-refractivity contribution is 5.92. The molecule has 1 amide bonds. The molecular weight excluding hydrogens is 216 g/mol. The molecule has 3 N–H and O–H groups in total. The van der Waals surface area contributed by atoms with E-state index in [0.717, 1.165) is 25.1 Å². The molecule has 0 bridgehead atoms. The van der Waals surface area contributed by atoms with E-state index in [1.54, 1.807) is 12.1 Å². The highest BCUT2D eigenvalue weighted by Gasteiger charge is 1.99. The Morgan fingerprint density at radius 3 is 2.59 bits per heavy atom. The summed E-state index contributed by atoms with van der Waals surface area (Å²) in [6, 6.07) is 7.16. The van der Waals surface area contributed by atoms with Crippen LogP contribution in [0.4, 0.5) is 0 Å². The van der Waals surface area contributed by atoms with E-state index in [9.17, 15) is 4.79 Å². The molecular formula is C13H20N2O2. The summed E-state index contributed by atoms with van der Waals surface area (Å²) < 4.78 is 5.49. The van der Waals surface area contributed by atoms with Crippen molar-refractivity contribution in [3.8, 4) is 0 Å². The number of rotatable bonds is 8. The molecule has 0 atom stereocenters. The summed E-state index contributed by atoms with van der Waals surface area (Å²) in [6.07, 6.45) is 1.13. The van der Waals surface area contributed by atoms with Gasteiger partial charge in [-0.1, -0.05) is 19.1 Å². The summed E-state index contributed by atoms with van der Waals surface area (Å²) >= 11 is 0. The lowest BCUT2D eigenvalue weighted by atomic mass is 10.1. The molecule has 1 aromatic rings. The van der Waals surface area contributed by atoms with Gasteiger partial charge >= 0.3 is 0 Å². The number of carbonyl (C=O) groups excluding carboxylic acids is 1. The summed E-state index contributed by atoms with van der Waals surface area (Å²) in [4.78, 5) is 10.9. The topological polar surface area (TPSA) is 64.3 Å². The van der Waals surface area contributed by atoms with Crippen LogP contribution in [0.25, 0.3) is 0 Å². The summed E-state index contributed by atoms with van der Waals surface area (Å²) in [5, 5.41) is 3.26. The summed E-state index contributed by atoms with van der Waals surface area (Å²) in [6.45, 7) is 5.28. The minimum atomic E-state index is -0.402. The lowest BCUT2D eigenvalue weighted by Gasteiger charge is -2.05. The van der Waals surface area contributed by atoms with Gasteiger partial charge < -0.3 is 15.8 Å². The fraction of sp³-hybridized carbons (Fsp3) is 0.462. The molecule has 0 fully saturated rings. The molecule has 17 heavy (non-hydrogen) atoms. The van der Waals surface area contributed by atoms with E-state index >= 15 is 0 Å². The van der Waals surface area contributed by atoms with Crippen LogP contribution in [-0.4, -0.2) is 25.6 Å². The molecule has 94 valence electrons. The summed E-state index contributed by atoms with van der Waals surface area (Å²) in [5.41, 5.74) is 6.73. The first-order chi connectivity index (χ1) is 8.24. The predicted octanol–water partition coefficient (Wildman–Crippen LogP) is 1.30. The van der Waals surface area contributed by atoms with Crippen molar-refractivity contribution in [1.29, 1.82) is 0 Å². The first-order valence-corrected chi connectivity index (χ1v) is 5.91. The standard InChI is InChI=1S/C13H20N2O2/c1-2-7-15-8-9-17-10-11-3-5-12(6-4-11)13(14)16/h3-6,15H,2,7-10H2,1H3,(H2,14,16). The summed E-state index contributed by atoms with van der Waals surface area (Å²) in [7, 11) is 0. The van der Waals surface area contributed by atoms with Crippen LogP contribution < -0.4 is 11.1 Å². The number of nitrogens with two attached hydrogens (primary N) is 1. The molecule has 0 aliphatic carbocycles. The van der Waals surface area contributed by atoms with Crippen molar-refractivity contribution in [3.63, 3.8) is 0 Å². The molecule has 0 radical (unpaired) electrons. The summed E-state index contributed by atoms with van der Waals surface area (Å²) in [5.74, 6) is -0.402. The fourth-order valence-electron chi connectivity index (χ4n) is 1.40. The molecule has 0 spiro atoms. The number of hydrogen-bond donors (Lipinski definition) is 2. The average molecular weight is 236 g/mol. The largest absolute Gasteiger partial charge is 0.375 e. The second-order valence-corrected chi connectivity index (χ2v) is 3.86. The minimum Gasteiger partial charge on any atom is -0.375 e. The SMILES string of the molecule is CCCNCCOCc1ccc(C(N)=O)cc1. The molecule has 0 aromatic heterocycles. The first kappa shape index (κ1) is 13.7. The van der Waals surface area contributed by atoms with E-state index in [1.165, 1.54) is 0 Å². The molecule has 0 unspecified atom stereocenters. The van der Waals surface area contributed by atoms with Crippen molar-refractivity contribution < 1.29 is 9.53 Å². The number of benzene rings is 1. The third-order valence-corrected chi connectivity index (χ3v) is 2.36. The Balaban J connectivity index is 2.21. The second-order valence-electron chi connectivity index (χ2n) is 3.86. The molecule has 1 rings (SSSR count). The van der Waals surface area contributed by atoms with Crippen molar-refractivity contribution in [2.45, 2.75) is 20.0 Å². The van der Waals surface area contributed by atoms with Crippen LogP contribution in [0.3, 0.4) is 0 Å². The van der Waals surface area contributed by atoms with Gasteiger partial charge in [0.15, 0.2) is 0 Å². The van der Waals surface area contributed by atoms with E-state index in [4.69, 9.17) is 10.5 Å². The van der Waals surface area contributed by atoms with E-state index in [-0.39, 0.29) is 0 Å². The predicted molar refractivity (Wildman–Crippen MR) is 67.8 cm³/mol. The molecule has 0 saturated carbocycles. The van der Waals surface area contributed by atoms with Crippen molar-refractivity contribution in [2.75, 3.05) is 19.7 Å². The quantitative estimate of drug-likeness (QED) is 0.669. The third-order valence-electron chi connectivity index (χ3n) is 2.36. The van der Waals surface area contributed by atoms with Crippen LogP contribution >= 0.6 is 0 Å². The smallest absolute Gasteiger partial charge is 0.248 e. The van der Waals surface area contributed by atoms with E-state index in [2.05, 4.69) is 12.2 Å². The van der Waals surface area contributed by atoms with Crippen LogP contribution in [-0.2, 0) is 11.3 Å². The van der Waals surface area contributed by atoms with Gasteiger partial charge in [0, 0.05) is 12.1 Å². The maximum absolute atomic E-state index is 10.9. The Morgan fingerprint density at radius 2 is 2.00 bits per heavy atom. The maximum Gasteiger partial charge on any atom is 0.248 e. The number of nitrogens with one attached hydrogen (secondary N) is 1. The Kier molecular flexibility index (Phi) is 6.29. The van der Waals surface area contributed by atoms with Crippen LogP contribution in [0.1, 0.15) is 29.3 Å². The van der Waals surface area contributed by atoms with Crippen molar-refractivity contribution in [3.05, 3.63) is 35.4 Å². The van der Waals surface area contributed by atoms with Crippen molar-refractivity contribution >= 4 is 5.91 Å². The number of amides is 1. The lowest BCUT2D eigenvalue weighted by molar-refractivity contribution is 0.1000. The van der Waals surface area contributed by atoms with Gasteiger partial charge in [0.2, 0.25) is 5.91 Å². The number of ether oxygens (including phenoxy) is 1. The molecule has 4 heteroatoms. The highest BCUT2D eigenvalue weighted by atomic mass is 16.5. The van der Waals surface area contributed by atoms with Crippen molar-refractivity contribution in [2.24, 2.45) is 5.73 Å². The first-order valence-electron chi connectivity index (χ1n) is 5.91. The van der Waals surface area contributed by atoms with Crippen LogP contribution in [0.15, 0.2) is 24.3 Å². The van der Waals surface area contributed by atoms with Gasteiger partial charge in [-0.05, 0) is 30.7 Å². The zero-order valence-electron chi connectivity index (χ0n) is 10.2. The zero-order valence-corrected chi connectivity index (χ0v) is 10.2. The van der Waals surface area contributed by atoms with Crippen molar-refractivity contribution in [1.82, 2.24) is 5.32 Å². The van der Waals surface area contributed by atoms with Gasteiger partial charge in [0.25, 0.3) is 0 Å². The van der Waals surface area contributed by atoms with Gasteiger partial charge in [0.1, 0.15) is 0 Å². The number of primary amides is 1. The minimum absolute atomic E-state index is 0.402. The Hall–Kier alpha value is -1.39. The van der Waals surface area contributed by atoms with Gasteiger partial charge in [0.05, 0.1) is 13.2 Å². The molecule has 1 aromatic carbocycles. The normalized spacial score (nSPS) is 10.4. The average Bonchev–Trinajstić information content (AvgIpc) is 2.34. The van der Waals surface area contributed by atoms with Gasteiger partial charge in [-0.2, -0.15) is 0 Å². The fourth-order valence-corrected chi connectivity index (χ4v) is 1.40. The third kappa shape index (κ3) is 5.47. The van der Waals surface area contributed by atoms with Crippen LogP contribution in [0.2, 0.25) is 0 Å². The molecule has 0 saturated heterocycles.